The smallest absolute Gasteiger partial charge is 0.497 e. The van der Waals surface area contributed by atoms with Gasteiger partial charge in [-0.05, 0) is 89.3 Å². The summed E-state index contributed by atoms with van der Waals surface area (Å²) in [4.78, 5) is 51.6. The second-order valence-electron chi connectivity index (χ2n) is 19.4. The Labute approximate surface area is 482 Å². The summed E-state index contributed by atoms with van der Waals surface area (Å²) in [6.45, 7) is -1.27. The summed E-state index contributed by atoms with van der Waals surface area (Å²) < 4.78 is 74.7. The molecule has 3 aliphatic heterocycles. The van der Waals surface area contributed by atoms with Crippen LogP contribution in [0.25, 0.3) is 26.9 Å². The number of aromatic nitrogens is 2. The normalized spacial score (nSPS) is 24.0. The summed E-state index contributed by atoms with van der Waals surface area (Å²) in [6.07, 6.45) is -13.4. The maximum Gasteiger partial charge on any atom is 0.501 e. The number of rotatable bonds is 22. The molecular formula is C53H57ClN8O21S. The minimum atomic E-state index is -5.32. The van der Waals surface area contributed by atoms with Crippen LogP contribution in [0.2, 0.25) is 0 Å². The van der Waals surface area contributed by atoms with Crippen molar-refractivity contribution in [1.82, 2.24) is 14.3 Å². The van der Waals surface area contributed by atoms with Gasteiger partial charge in [0, 0.05) is 78.4 Å². The van der Waals surface area contributed by atoms with E-state index < -0.39 is 120 Å². The van der Waals surface area contributed by atoms with E-state index in [-0.39, 0.29) is 78.1 Å². The Morgan fingerprint density at radius 3 is 2.10 bits per heavy atom. The molecule has 9 rings (SSSR count). The largest absolute Gasteiger partial charge is 0.501 e. The Kier molecular flexibility index (Phi) is 18.9. The number of imidazole rings is 1. The predicted molar refractivity (Wildman–Crippen MR) is 292 cm³/mol. The molecule has 3 amide bonds. The standard InChI is InChI=1S/C53H57ClN8O21S/c1-60(14-16-77-15-13-56-59-55)50(72)27-5-11-36(79-53-48(70)46(68)44(66)40(25-64)81-53)38(17-27)83-84(74,75)82-37-19-35-42(33-18-31(76-2)9-10-32(33)37)28(20-54)21-62(35)51(73)34-23-61-22-29(6-12-41(61)58-34)57-49(71)26-3-7-30(8-4-26)78-52-47(69)45(67)43(65)39(24-63)80-52/h3-12,17-19,22-23,28,39-40,43-48,52-53,63-70H,13-16,20-21,24-25H2,1-2H3,(H,57,71)/t28-,39-,40-,43+,44+,45+,46+,47-,48+,52-,53-/m1/s1. The van der Waals surface area contributed by atoms with Crippen LogP contribution in [0.5, 0.6) is 28.7 Å². The van der Waals surface area contributed by atoms with Gasteiger partial charge in [0.2, 0.25) is 12.6 Å². The number of hydrogen-bond donors (Lipinski definition) is 9. The number of aliphatic hydroxyl groups excluding tert-OH is 8. The number of fused-ring (bicyclic) bond motifs is 4. The number of carbonyl (C=O) groups is 3. The Balaban J connectivity index is 0.969. The third-order valence-corrected chi connectivity index (χ3v) is 15.1. The number of methoxy groups -OCH3 is 1. The highest BCUT2D eigenvalue weighted by Gasteiger charge is 2.46. The maximum atomic E-state index is 14.7. The van der Waals surface area contributed by atoms with Crippen molar-refractivity contribution in [3.05, 3.63) is 124 Å². The van der Waals surface area contributed by atoms with Crippen LogP contribution in [-0.4, -0.2) is 209 Å². The van der Waals surface area contributed by atoms with E-state index in [0.29, 0.717) is 28.0 Å². The van der Waals surface area contributed by atoms with Crippen LogP contribution >= 0.6 is 11.6 Å². The van der Waals surface area contributed by atoms with Crippen molar-refractivity contribution in [1.29, 1.82) is 0 Å². The van der Waals surface area contributed by atoms with Crippen molar-refractivity contribution in [3.8, 4) is 28.7 Å². The highest BCUT2D eigenvalue weighted by molar-refractivity contribution is 7.82. The summed E-state index contributed by atoms with van der Waals surface area (Å²) in [7, 11) is -2.47. The zero-order chi connectivity index (χ0) is 60.1. The lowest BCUT2D eigenvalue weighted by atomic mass is 9.95. The second kappa shape index (κ2) is 26.1. The van der Waals surface area contributed by atoms with Crippen LogP contribution < -0.4 is 32.8 Å². The van der Waals surface area contributed by atoms with Crippen LogP contribution in [0, 0.1) is 0 Å². The van der Waals surface area contributed by atoms with Gasteiger partial charge in [-0.3, -0.25) is 14.4 Å². The van der Waals surface area contributed by atoms with E-state index in [1.807, 2.05) is 0 Å². The molecule has 31 heteroatoms. The van der Waals surface area contributed by atoms with Crippen molar-refractivity contribution >= 4 is 67.5 Å². The summed E-state index contributed by atoms with van der Waals surface area (Å²) in [5.41, 5.74) is 9.80. The minimum Gasteiger partial charge on any atom is -0.497 e. The van der Waals surface area contributed by atoms with Gasteiger partial charge in [-0.1, -0.05) is 5.11 Å². The first kappa shape index (κ1) is 60.9. The van der Waals surface area contributed by atoms with E-state index in [1.165, 1.54) is 83.2 Å². The molecule has 0 saturated carbocycles. The maximum absolute atomic E-state index is 14.7. The summed E-state index contributed by atoms with van der Waals surface area (Å²) >= 11 is 6.59. The Bertz CT molecular complexity index is 3550. The van der Waals surface area contributed by atoms with E-state index in [2.05, 4.69) is 20.3 Å². The average molecular weight is 1210 g/mol. The van der Waals surface area contributed by atoms with Gasteiger partial charge in [0.1, 0.15) is 71.7 Å². The van der Waals surface area contributed by atoms with Crippen molar-refractivity contribution in [2.24, 2.45) is 5.11 Å². The molecule has 0 spiro atoms. The molecule has 2 saturated heterocycles. The predicted octanol–water partition coefficient (Wildman–Crippen LogP) is 1.19. The van der Waals surface area contributed by atoms with Crippen LogP contribution in [0.15, 0.2) is 96.4 Å². The summed E-state index contributed by atoms with van der Waals surface area (Å²) in [5.74, 6) is -3.40. The molecule has 3 aliphatic rings. The lowest BCUT2D eigenvalue weighted by Gasteiger charge is -2.39. The van der Waals surface area contributed by atoms with Gasteiger partial charge in [-0.2, -0.15) is 0 Å². The molecule has 0 bridgehead atoms. The fraction of sp³-hybridized carbons (Fsp3) is 0.396. The third-order valence-electron chi connectivity index (χ3n) is 14.0. The molecule has 11 atom stereocenters. The summed E-state index contributed by atoms with van der Waals surface area (Å²) in [5, 5.41) is 88.3. The van der Waals surface area contributed by atoms with Crippen LogP contribution in [0.3, 0.4) is 0 Å². The molecule has 4 aromatic carbocycles. The number of carbonyl (C=O) groups excluding carboxylic acids is 3. The number of benzene rings is 4. The number of nitrogens with zero attached hydrogens (tertiary/aromatic N) is 7. The molecular weight excluding hydrogens is 1150 g/mol. The molecule has 5 heterocycles. The first-order valence-electron chi connectivity index (χ1n) is 25.8. The van der Waals surface area contributed by atoms with Crippen molar-refractivity contribution in [3.63, 3.8) is 0 Å². The number of alkyl halides is 1. The van der Waals surface area contributed by atoms with E-state index >= 15 is 0 Å². The fourth-order valence-electron chi connectivity index (χ4n) is 9.56. The molecule has 2 aromatic heterocycles. The van der Waals surface area contributed by atoms with Gasteiger partial charge in [-0.25, -0.2) is 4.98 Å². The number of halogens is 1. The van der Waals surface area contributed by atoms with E-state index in [4.69, 9.17) is 53.9 Å². The molecule has 2 fully saturated rings. The van der Waals surface area contributed by atoms with Crippen LogP contribution in [-0.2, 0) is 24.6 Å². The Morgan fingerprint density at radius 2 is 1.44 bits per heavy atom. The van der Waals surface area contributed by atoms with Gasteiger partial charge >= 0.3 is 10.4 Å². The quantitative estimate of drug-likeness (QED) is 0.0151. The van der Waals surface area contributed by atoms with Crippen LogP contribution in [0.1, 0.15) is 42.7 Å². The highest BCUT2D eigenvalue weighted by atomic mass is 35.5. The van der Waals surface area contributed by atoms with Crippen molar-refractivity contribution < 1.29 is 100 Å². The van der Waals surface area contributed by atoms with Gasteiger partial charge in [0.25, 0.3) is 17.7 Å². The van der Waals surface area contributed by atoms with E-state index in [1.54, 1.807) is 24.3 Å². The second-order valence-corrected chi connectivity index (χ2v) is 20.9. The van der Waals surface area contributed by atoms with Gasteiger partial charge in [0.05, 0.1) is 44.9 Å². The zero-order valence-electron chi connectivity index (χ0n) is 44.5. The minimum absolute atomic E-state index is 0.00115. The monoisotopic (exact) mass is 1210 g/mol. The van der Waals surface area contributed by atoms with Crippen LogP contribution in [0.4, 0.5) is 11.4 Å². The zero-order valence-corrected chi connectivity index (χ0v) is 46.0. The lowest BCUT2D eigenvalue weighted by Crippen LogP contribution is -2.60. The number of amides is 3. The van der Waals surface area contributed by atoms with Crippen molar-refractivity contribution in [2.45, 2.75) is 67.3 Å². The first-order chi connectivity index (χ1) is 40.3. The molecule has 0 radical (unpaired) electrons. The molecule has 29 nitrogen and oxygen atoms in total. The number of pyridine rings is 1. The van der Waals surface area contributed by atoms with E-state index in [9.17, 15) is 63.7 Å². The van der Waals surface area contributed by atoms with Gasteiger partial charge < -0.3 is 97.2 Å². The Morgan fingerprint density at radius 1 is 0.786 bits per heavy atom. The number of anilines is 2. The number of aliphatic hydroxyl groups is 8. The molecule has 84 heavy (non-hydrogen) atoms. The van der Waals surface area contributed by atoms with Gasteiger partial charge in [0.15, 0.2) is 17.2 Å². The topological polar surface area (TPSA) is 406 Å². The number of nitrogens with one attached hydrogen (secondary N) is 1. The third kappa shape index (κ3) is 13.0. The number of azide groups is 1. The fourth-order valence-corrected chi connectivity index (χ4v) is 10.5. The molecule has 0 aliphatic carbocycles. The lowest BCUT2D eigenvalue weighted by molar-refractivity contribution is -0.277. The van der Waals surface area contributed by atoms with E-state index in [0.717, 1.165) is 12.1 Å². The average Bonchev–Trinajstić information content (AvgIpc) is 2.48. The van der Waals surface area contributed by atoms with Gasteiger partial charge in [-0.15, -0.1) is 20.0 Å². The Hall–Kier alpha value is -7.65. The number of hydrogen-bond acceptors (Lipinski definition) is 23. The molecule has 448 valence electrons. The number of likely N-dealkylation sites (N-methyl/N-ethyl adjacent to an activating group) is 1. The number of ether oxygens (including phenoxy) is 6. The highest BCUT2D eigenvalue weighted by Crippen LogP contribution is 2.48. The molecule has 6 aromatic rings. The molecule has 0 unspecified atom stereocenters. The van der Waals surface area contributed by atoms with Crippen molar-refractivity contribution in [2.75, 3.05) is 76.3 Å². The SMILES string of the molecule is COc1ccc2c(OS(=O)(=O)Oc3cc(C(=O)N(C)CCOCCN=[N+]=[N-])ccc3O[C@@H]3O[C@H](CO)[C@H](O)[C@H](O)[C@@H]3O)cc3c(c2c1)[C@H](CCl)CN3C(=O)c1cn2cc(NC(=O)c3ccc(O[C@@H]4O[C@H](CO)[C@H](O)[C@H](O)[C@H]4O)cc3)ccc2n1. The first-order valence-corrected chi connectivity index (χ1v) is 27.6. The summed E-state index contributed by atoms with van der Waals surface area (Å²) in [6, 6.07) is 18.1. The molecule has 9 N–H and O–H groups in total.